The molecular formula is C20H29N5O6. The number of urea groups is 1. The first-order valence-corrected chi connectivity index (χ1v) is 9.85. The van der Waals surface area contributed by atoms with E-state index in [2.05, 4.69) is 10.3 Å². The van der Waals surface area contributed by atoms with Gasteiger partial charge in [0.1, 0.15) is 0 Å². The minimum Gasteiger partial charge on any atom is -0.493 e. The highest BCUT2D eigenvalue weighted by molar-refractivity contribution is 6.03. The lowest BCUT2D eigenvalue weighted by Crippen LogP contribution is -2.64. The molecule has 2 heterocycles. The lowest BCUT2D eigenvalue weighted by Gasteiger charge is -2.40. The first-order chi connectivity index (χ1) is 14.9. The van der Waals surface area contributed by atoms with Gasteiger partial charge in [-0.2, -0.15) is 0 Å². The molecule has 2 unspecified atom stereocenters. The van der Waals surface area contributed by atoms with Crippen LogP contribution in [0.15, 0.2) is 23.2 Å². The van der Waals surface area contributed by atoms with Crippen LogP contribution in [0.5, 0.6) is 11.5 Å². The lowest BCUT2D eigenvalue weighted by molar-refractivity contribution is -0.136. The summed E-state index contributed by atoms with van der Waals surface area (Å²) in [4.78, 5) is 34.2. The zero-order valence-corrected chi connectivity index (χ0v) is 18.4. The summed E-state index contributed by atoms with van der Waals surface area (Å²) < 4.78 is 15.8. The lowest BCUT2D eigenvalue weighted by atomic mass is 10.1. The molecule has 1 saturated heterocycles. The van der Waals surface area contributed by atoms with E-state index in [0.29, 0.717) is 30.6 Å². The number of carbonyl (C=O) groups is 2. The average Bonchev–Trinajstić information content (AvgIpc) is 3.15. The molecule has 170 valence electrons. The Labute approximate surface area is 181 Å². The number of amides is 3. The topological polar surface area (TPSA) is 116 Å². The fourth-order valence-corrected chi connectivity index (χ4v) is 3.78. The fourth-order valence-electron chi connectivity index (χ4n) is 3.78. The van der Waals surface area contributed by atoms with Gasteiger partial charge in [0.15, 0.2) is 29.7 Å². The second kappa shape index (κ2) is 9.40. The van der Waals surface area contributed by atoms with Crippen LogP contribution in [0.3, 0.4) is 0 Å². The third-order valence-electron chi connectivity index (χ3n) is 5.55. The van der Waals surface area contributed by atoms with Crippen LogP contribution in [0.1, 0.15) is 11.6 Å². The van der Waals surface area contributed by atoms with Gasteiger partial charge in [0, 0.05) is 27.7 Å². The molecule has 2 N–H and O–H groups in total. The van der Waals surface area contributed by atoms with Crippen LogP contribution in [0.4, 0.5) is 4.79 Å². The number of likely N-dealkylation sites (N-methyl/N-ethyl adjacent to an activating group) is 2. The number of aliphatic imine (C=N–C) groups is 1. The highest BCUT2D eigenvalue weighted by atomic mass is 16.5. The quantitative estimate of drug-likeness (QED) is 0.580. The van der Waals surface area contributed by atoms with Crippen molar-refractivity contribution < 1.29 is 28.9 Å². The molecule has 0 spiro atoms. The molecule has 2 aliphatic heterocycles. The number of rotatable bonds is 8. The van der Waals surface area contributed by atoms with Crippen molar-refractivity contribution in [1.29, 1.82) is 0 Å². The molecule has 1 fully saturated rings. The maximum atomic E-state index is 12.9. The molecule has 3 atom stereocenters. The molecule has 0 bridgehead atoms. The van der Waals surface area contributed by atoms with E-state index in [1.165, 1.54) is 19.1 Å². The molecular weight excluding hydrogens is 406 g/mol. The second-order valence-corrected chi connectivity index (χ2v) is 7.28. The number of carbonyl (C=O) groups excluding carboxylic acids is 2. The summed E-state index contributed by atoms with van der Waals surface area (Å²) in [7, 11) is 7.73. The monoisotopic (exact) mass is 435 g/mol. The molecule has 0 aliphatic carbocycles. The minimum absolute atomic E-state index is 0.232. The number of imide groups is 1. The number of aliphatic hydroxyl groups excluding tert-OH is 1. The van der Waals surface area contributed by atoms with Crippen LogP contribution in [0.2, 0.25) is 0 Å². The van der Waals surface area contributed by atoms with Crippen LogP contribution in [-0.2, 0) is 9.53 Å². The minimum atomic E-state index is -0.671. The molecule has 0 saturated carbocycles. The Balaban J connectivity index is 1.91. The van der Waals surface area contributed by atoms with Crippen LogP contribution in [0, 0.1) is 0 Å². The Bertz CT molecular complexity index is 862. The maximum Gasteiger partial charge on any atom is 0.328 e. The number of benzene rings is 1. The van der Waals surface area contributed by atoms with E-state index >= 15 is 0 Å². The van der Waals surface area contributed by atoms with Gasteiger partial charge in [-0.25, -0.2) is 9.79 Å². The van der Waals surface area contributed by atoms with Gasteiger partial charge in [-0.15, -0.1) is 0 Å². The van der Waals surface area contributed by atoms with Crippen molar-refractivity contribution in [3.8, 4) is 11.5 Å². The largest absolute Gasteiger partial charge is 0.493 e. The molecule has 3 rings (SSSR count). The summed E-state index contributed by atoms with van der Waals surface area (Å²) in [5, 5.41) is 13.3. The highest BCUT2D eigenvalue weighted by Crippen LogP contribution is 2.31. The van der Waals surface area contributed by atoms with Crippen molar-refractivity contribution >= 4 is 17.9 Å². The van der Waals surface area contributed by atoms with Gasteiger partial charge in [0.05, 0.1) is 33.5 Å². The summed E-state index contributed by atoms with van der Waals surface area (Å²) in [5.74, 6) is 1.17. The van der Waals surface area contributed by atoms with Gasteiger partial charge in [-0.3, -0.25) is 9.69 Å². The standard InChI is InChI=1S/C20H29N5O6/c1-23-17-16(18(27)24(2)20(23)28)25(8-9-29-3)19(22-17)21-13(11-26)12-6-7-14(30-4)15(10-12)31-5/h6-7,10,13,16-17,26H,8-9,11H2,1-5H3,(H,21,22)/t13-,16?,17?/m0/s1. The third kappa shape index (κ3) is 4.10. The normalized spacial score (nSPS) is 21.7. The summed E-state index contributed by atoms with van der Waals surface area (Å²) >= 11 is 0. The maximum absolute atomic E-state index is 12.9. The first kappa shape index (κ1) is 22.6. The van der Waals surface area contributed by atoms with E-state index in [-0.39, 0.29) is 12.5 Å². The zero-order valence-electron chi connectivity index (χ0n) is 18.4. The molecule has 11 nitrogen and oxygen atoms in total. The smallest absolute Gasteiger partial charge is 0.328 e. The molecule has 31 heavy (non-hydrogen) atoms. The predicted molar refractivity (Wildman–Crippen MR) is 112 cm³/mol. The van der Waals surface area contributed by atoms with Crippen molar-refractivity contribution in [3.05, 3.63) is 23.8 Å². The number of methoxy groups -OCH3 is 3. The van der Waals surface area contributed by atoms with E-state index in [0.717, 1.165) is 10.5 Å². The summed E-state index contributed by atoms with van der Waals surface area (Å²) in [6, 6.07) is 3.71. The van der Waals surface area contributed by atoms with Crippen LogP contribution < -0.4 is 14.8 Å². The van der Waals surface area contributed by atoms with Crippen molar-refractivity contribution in [2.75, 3.05) is 55.2 Å². The highest BCUT2D eigenvalue weighted by Gasteiger charge is 2.51. The van der Waals surface area contributed by atoms with Crippen LogP contribution >= 0.6 is 0 Å². The average molecular weight is 435 g/mol. The van der Waals surface area contributed by atoms with Gasteiger partial charge >= 0.3 is 6.03 Å². The number of ether oxygens (including phenoxy) is 3. The second-order valence-electron chi connectivity index (χ2n) is 7.28. The molecule has 2 aliphatic rings. The SMILES string of the molecule is COCCN1C(N[C@@H](CO)c2ccc(OC)c(OC)c2)=NC2C1C(=O)N(C)C(=O)N2C. The summed E-state index contributed by atoms with van der Waals surface area (Å²) in [5.41, 5.74) is 0.747. The zero-order chi connectivity index (χ0) is 22.7. The number of hydrogen-bond acceptors (Lipinski definition) is 9. The van der Waals surface area contributed by atoms with E-state index in [1.807, 2.05) is 6.07 Å². The first-order valence-electron chi connectivity index (χ1n) is 9.85. The van der Waals surface area contributed by atoms with Crippen molar-refractivity contribution in [1.82, 2.24) is 20.0 Å². The van der Waals surface area contributed by atoms with E-state index in [1.54, 1.807) is 38.3 Å². The molecule has 11 heteroatoms. The molecule has 1 aromatic rings. The van der Waals surface area contributed by atoms with E-state index < -0.39 is 24.3 Å². The van der Waals surface area contributed by atoms with Gasteiger partial charge in [0.25, 0.3) is 5.91 Å². The fraction of sp³-hybridized carbons (Fsp3) is 0.550. The predicted octanol–water partition coefficient (Wildman–Crippen LogP) is -0.137. The van der Waals surface area contributed by atoms with E-state index in [9.17, 15) is 14.7 Å². The summed E-state index contributed by atoms with van der Waals surface area (Å²) in [6.45, 7) is 0.512. The molecule has 3 amide bonds. The number of nitrogens with one attached hydrogen (secondary N) is 1. The molecule has 0 aromatic heterocycles. The van der Waals surface area contributed by atoms with Crippen LogP contribution in [0.25, 0.3) is 0 Å². The van der Waals surface area contributed by atoms with Gasteiger partial charge < -0.3 is 34.4 Å². The van der Waals surface area contributed by atoms with Crippen molar-refractivity contribution in [2.24, 2.45) is 4.99 Å². The molecule has 1 aromatic carbocycles. The number of guanidine groups is 1. The van der Waals surface area contributed by atoms with Gasteiger partial charge in [0.2, 0.25) is 0 Å². The third-order valence-corrected chi connectivity index (χ3v) is 5.55. The number of aliphatic hydroxyl groups is 1. The Morgan fingerprint density at radius 3 is 2.48 bits per heavy atom. The Kier molecular flexibility index (Phi) is 6.86. The van der Waals surface area contributed by atoms with E-state index in [4.69, 9.17) is 14.2 Å². The van der Waals surface area contributed by atoms with Crippen LogP contribution in [-0.4, -0.2) is 105 Å². The van der Waals surface area contributed by atoms with Crippen molar-refractivity contribution in [2.45, 2.75) is 18.2 Å². The van der Waals surface area contributed by atoms with Gasteiger partial charge in [-0.05, 0) is 17.7 Å². The number of fused-ring (bicyclic) bond motifs is 1. The Morgan fingerprint density at radius 2 is 1.87 bits per heavy atom. The number of nitrogens with zero attached hydrogens (tertiary/aromatic N) is 4. The van der Waals surface area contributed by atoms with Gasteiger partial charge in [-0.1, -0.05) is 6.07 Å². The molecule has 0 radical (unpaired) electrons. The Hall–Kier alpha value is -3.05. The number of hydrogen-bond donors (Lipinski definition) is 2. The Morgan fingerprint density at radius 1 is 1.16 bits per heavy atom. The summed E-state index contributed by atoms with van der Waals surface area (Å²) in [6.07, 6.45) is -0.666. The van der Waals surface area contributed by atoms with Crippen molar-refractivity contribution in [3.63, 3.8) is 0 Å².